The molecule has 1 aromatic carbocycles. The van der Waals surface area contributed by atoms with Crippen LogP contribution < -0.4 is 10.1 Å². The van der Waals surface area contributed by atoms with Crippen molar-refractivity contribution in [1.82, 2.24) is 15.2 Å². The van der Waals surface area contributed by atoms with Crippen molar-refractivity contribution in [3.8, 4) is 5.75 Å². The maximum atomic E-state index is 13.5. The molecule has 0 aliphatic carbocycles. The number of halogens is 1. The van der Waals surface area contributed by atoms with Crippen molar-refractivity contribution in [2.24, 2.45) is 5.16 Å². The monoisotopic (exact) mass is 674 g/mol. The number of fused-ring (bicyclic) bond motifs is 1. The minimum Gasteiger partial charge on any atom is -0.538 e. The predicted molar refractivity (Wildman–Crippen MR) is 167 cm³/mol. The Kier molecular flexibility index (Phi) is 11.7. The molecule has 0 saturated carbocycles. The molecular weight excluding hydrogens is 650 g/mol. The Morgan fingerprint density at radius 2 is 2.04 bits per heavy atom. The SMILES string of the molecule is BOC(=O)/C(=C\BOC=O)O/N=C(\C(=O)N[C@@H]1C(=O)N2C(C(=O)OCc3ccc(OC)cc3)=C(CCl)CS[C@H]12)c1csc(C)n1. The highest BCUT2D eigenvalue weighted by Gasteiger charge is 2.54. The lowest BCUT2D eigenvalue weighted by atomic mass is 10.0. The molecule has 2 aliphatic rings. The van der Waals surface area contributed by atoms with E-state index in [9.17, 15) is 24.0 Å². The summed E-state index contributed by atoms with van der Waals surface area (Å²) in [6.45, 7) is 1.84. The minimum atomic E-state index is -1.04. The van der Waals surface area contributed by atoms with Crippen LogP contribution in [0.25, 0.3) is 0 Å². The molecule has 2 aromatic rings. The van der Waals surface area contributed by atoms with Crippen LogP contribution in [0.3, 0.4) is 0 Å². The number of β-lactam (4-membered cyclic amide) rings is 1. The number of nitrogens with zero attached hydrogens (tertiary/aromatic N) is 3. The Bertz CT molecular complexity index is 1570. The number of thiazole rings is 1. The molecule has 0 bridgehead atoms. The predicted octanol–water partition coefficient (Wildman–Crippen LogP) is 0.274. The second-order valence-electron chi connectivity index (χ2n) is 9.14. The fraction of sp³-hybridized carbons (Fsp3) is 0.269. The summed E-state index contributed by atoms with van der Waals surface area (Å²) in [6.07, 6.45) is 0. The first kappa shape index (κ1) is 33.6. The molecule has 1 fully saturated rings. The zero-order valence-electron chi connectivity index (χ0n) is 24.1. The van der Waals surface area contributed by atoms with E-state index in [1.54, 1.807) is 43.7 Å². The molecule has 14 nitrogen and oxygen atoms in total. The quantitative estimate of drug-likeness (QED) is 0.0278. The molecule has 0 spiro atoms. The number of hydrogen-bond acceptors (Lipinski definition) is 14. The zero-order chi connectivity index (χ0) is 32.5. The van der Waals surface area contributed by atoms with Crippen LogP contribution in [-0.4, -0.2) is 91.5 Å². The van der Waals surface area contributed by atoms with E-state index in [2.05, 4.69) is 24.8 Å². The van der Waals surface area contributed by atoms with Gasteiger partial charge in [-0.2, -0.15) is 0 Å². The number of carbonyl (C=O) groups excluding carboxylic acids is 5. The number of rotatable bonds is 14. The zero-order valence-corrected chi connectivity index (χ0v) is 26.5. The molecule has 0 radical (unpaired) electrons. The van der Waals surface area contributed by atoms with Crippen molar-refractivity contribution >= 4 is 86.2 Å². The topological polar surface area (TPSA) is 172 Å². The Morgan fingerprint density at radius 3 is 2.67 bits per heavy atom. The summed E-state index contributed by atoms with van der Waals surface area (Å²) in [7, 11) is 2.32. The van der Waals surface area contributed by atoms with Gasteiger partial charge in [0.1, 0.15) is 35.2 Å². The van der Waals surface area contributed by atoms with Crippen molar-refractivity contribution in [3.63, 3.8) is 0 Å². The number of aryl methyl sites for hydroxylation is 1. The van der Waals surface area contributed by atoms with Crippen LogP contribution in [0.15, 0.2) is 57.8 Å². The third-order valence-corrected chi connectivity index (χ3v) is 8.78. The van der Waals surface area contributed by atoms with Crippen LogP contribution in [0.5, 0.6) is 5.75 Å². The van der Waals surface area contributed by atoms with Gasteiger partial charge >= 0.3 is 27.5 Å². The lowest BCUT2D eigenvalue weighted by molar-refractivity contribution is -0.153. The largest absolute Gasteiger partial charge is 0.538 e. The summed E-state index contributed by atoms with van der Waals surface area (Å²) in [5.74, 6) is -1.45. The van der Waals surface area contributed by atoms with E-state index in [1.165, 1.54) is 28.0 Å². The molecule has 2 amide bonds. The normalized spacial score (nSPS) is 17.8. The third-order valence-electron chi connectivity index (χ3n) is 6.35. The molecule has 45 heavy (non-hydrogen) atoms. The summed E-state index contributed by atoms with van der Waals surface area (Å²) in [4.78, 5) is 73.3. The number of hydrogen-bond donors (Lipinski definition) is 1. The number of aromatic nitrogens is 1. The summed E-state index contributed by atoms with van der Waals surface area (Å²) < 4.78 is 19.8. The maximum Gasteiger partial charge on any atom is 0.374 e. The third kappa shape index (κ3) is 7.87. The van der Waals surface area contributed by atoms with Crippen LogP contribution in [-0.2, 0) is 49.5 Å². The number of ether oxygens (including phenoxy) is 2. The van der Waals surface area contributed by atoms with Gasteiger partial charge in [0.05, 0.1) is 12.1 Å². The van der Waals surface area contributed by atoms with E-state index in [0.717, 1.165) is 14.0 Å². The molecule has 1 aromatic heterocycles. The van der Waals surface area contributed by atoms with Crippen molar-refractivity contribution in [1.29, 1.82) is 0 Å². The van der Waals surface area contributed by atoms with E-state index in [0.29, 0.717) is 27.6 Å². The number of carbonyl (C=O) groups is 5. The first-order valence-electron chi connectivity index (χ1n) is 13.1. The first-order chi connectivity index (χ1) is 21.7. The van der Waals surface area contributed by atoms with Gasteiger partial charge in [-0.25, -0.2) is 14.6 Å². The number of alkyl halides is 1. The molecule has 19 heteroatoms. The van der Waals surface area contributed by atoms with Gasteiger partial charge in [0, 0.05) is 17.0 Å². The number of benzene rings is 1. The van der Waals surface area contributed by atoms with Gasteiger partial charge in [0.2, 0.25) is 5.76 Å². The second kappa shape index (κ2) is 15.6. The minimum absolute atomic E-state index is 0.00124. The maximum absolute atomic E-state index is 13.5. The summed E-state index contributed by atoms with van der Waals surface area (Å²) in [5.41, 5.74) is 1.05. The number of oxime groups is 1. The van der Waals surface area contributed by atoms with Crippen LogP contribution in [0.4, 0.5) is 0 Å². The summed E-state index contributed by atoms with van der Waals surface area (Å²) in [5, 5.41) is 7.97. The Labute approximate surface area is 271 Å². The summed E-state index contributed by atoms with van der Waals surface area (Å²) in [6, 6.07) is 5.93. The number of methoxy groups -OCH3 is 1. The summed E-state index contributed by atoms with van der Waals surface area (Å²) >= 11 is 8.67. The molecule has 2 atom stereocenters. The highest BCUT2D eigenvalue weighted by molar-refractivity contribution is 8.00. The molecule has 3 heterocycles. The van der Waals surface area contributed by atoms with Crippen molar-refractivity contribution in [3.05, 3.63) is 68.9 Å². The van der Waals surface area contributed by atoms with E-state index in [4.69, 9.17) is 25.9 Å². The highest BCUT2D eigenvalue weighted by Crippen LogP contribution is 2.41. The standard InChI is InChI=1S/C26H25B2ClN4O10S2/c1-13-30-17(11-44-13)19(32-43-18(25(37)42-27)7-28-41-12-34)22(35)31-20-23(36)33-21(15(8-29)10-45-24(20)33)26(38)40-9-14-3-5-16(39-2)6-4-14/h3-7,11-12,20,24,28H,8-10,27H2,1-2H3,(H,31,35)/b18-7+,32-19-/t20-,24-/m1/s1. The fourth-order valence-electron chi connectivity index (χ4n) is 4.12. The molecule has 4 rings (SSSR count). The van der Waals surface area contributed by atoms with Gasteiger partial charge in [-0.3, -0.25) is 19.3 Å². The highest BCUT2D eigenvalue weighted by atomic mass is 35.5. The Morgan fingerprint density at radius 1 is 1.29 bits per heavy atom. The lowest BCUT2D eigenvalue weighted by Gasteiger charge is -2.49. The van der Waals surface area contributed by atoms with Gasteiger partial charge in [-0.15, -0.1) is 34.7 Å². The van der Waals surface area contributed by atoms with Crippen LogP contribution in [0.2, 0.25) is 0 Å². The average molecular weight is 675 g/mol. The number of nitrogens with one attached hydrogen (secondary N) is 1. The van der Waals surface area contributed by atoms with Crippen LogP contribution >= 0.6 is 34.7 Å². The molecule has 1 saturated heterocycles. The number of thioether (sulfide) groups is 1. The molecule has 2 aliphatic heterocycles. The number of amides is 2. The molecular formula is C26H25B2ClN4O10S2. The smallest absolute Gasteiger partial charge is 0.374 e. The van der Waals surface area contributed by atoms with E-state index < -0.39 is 40.9 Å². The molecule has 1 N–H and O–H groups in total. The van der Waals surface area contributed by atoms with E-state index in [1.807, 2.05) is 0 Å². The van der Waals surface area contributed by atoms with E-state index in [-0.39, 0.29) is 43.5 Å². The first-order valence-corrected chi connectivity index (χ1v) is 15.5. The Balaban J connectivity index is 1.50. The number of esters is 1. The fourth-order valence-corrected chi connectivity index (χ4v) is 6.39. The average Bonchev–Trinajstić information content (AvgIpc) is 3.49. The van der Waals surface area contributed by atoms with Crippen LogP contribution in [0.1, 0.15) is 16.3 Å². The van der Waals surface area contributed by atoms with Gasteiger partial charge in [-0.1, -0.05) is 17.3 Å². The van der Waals surface area contributed by atoms with E-state index >= 15 is 0 Å². The van der Waals surface area contributed by atoms with Gasteiger partial charge < -0.3 is 28.9 Å². The van der Waals surface area contributed by atoms with Crippen molar-refractivity contribution in [2.75, 3.05) is 18.7 Å². The Hall–Kier alpha value is -4.28. The van der Waals surface area contributed by atoms with Crippen molar-refractivity contribution < 1.29 is 47.6 Å². The molecule has 234 valence electrons. The van der Waals surface area contributed by atoms with Gasteiger partial charge in [-0.05, 0) is 36.2 Å². The van der Waals surface area contributed by atoms with Gasteiger partial charge in [0.15, 0.2) is 5.71 Å². The van der Waals surface area contributed by atoms with Crippen molar-refractivity contribution in [2.45, 2.75) is 24.9 Å². The van der Waals surface area contributed by atoms with Crippen LogP contribution in [0, 0.1) is 6.92 Å². The lowest BCUT2D eigenvalue weighted by Crippen LogP contribution is -2.71. The second-order valence-corrected chi connectivity index (χ2v) is 11.6. The van der Waals surface area contributed by atoms with Gasteiger partial charge in [0.25, 0.3) is 18.3 Å². The molecule has 0 unspecified atom stereocenters.